The lowest BCUT2D eigenvalue weighted by Crippen LogP contribution is -2.49. The molecule has 1 aromatic carbocycles. The Bertz CT molecular complexity index is 684. The van der Waals surface area contributed by atoms with Gasteiger partial charge in [-0.05, 0) is 70.6 Å². The number of hydrogen-bond donors (Lipinski definition) is 1. The van der Waals surface area contributed by atoms with E-state index in [9.17, 15) is 14.0 Å². The van der Waals surface area contributed by atoms with E-state index in [4.69, 9.17) is 4.74 Å². The molecule has 1 aliphatic heterocycles. The molecule has 1 heterocycles. The van der Waals surface area contributed by atoms with Crippen LogP contribution in [0, 0.1) is 11.2 Å². The minimum atomic E-state index is -0.499. The minimum Gasteiger partial charge on any atom is -0.444 e. The van der Waals surface area contributed by atoms with E-state index in [1.165, 1.54) is 12.1 Å². The SMILES string of the molecule is CC(C)(C)OC(=O)N1CCC(NC(=O)C2(Cc3ccc(F)cc3)CC2)CC1. The lowest BCUT2D eigenvalue weighted by molar-refractivity contribution is -0.127. The lowest BCUT2D eigenvalue weighted by atomic mass is 9.94. The molecule has 0 aromatic heterocycles. The van der Waals surface area contributed by atoms with E-state index in [2.05, 4.69) is 5.32 Å². The summed E-state index contributed by atoms with van der Waals surface area (Å²) in [6.07, 6.45) is 3.56. The summed E-state index contributed by atoms with van der Waals surface area (Å²) < 4.78 is 18.5. The average Bonchev–Trinajstić information content (AvgIpc) is 3.37. The van der Waals surface area contributed by atoms with Crippen molar-refractivity contribution in [3.63, 3.8) is 0 Å². The van der Waals surface area contributed by atoms with E-state index in [1.807, 2.05) is 20.8 Å². The first-order valence-electron chi connectivity index (χ1n) is 9.70. The number of likely N-dealkylation sites (tertiary alicyclic amines) is 1. The summed E-state index contributed by atoms with van der Waals surface area (Å²) in [5.41, 5.74) is 0.143. The number of carbonyl (C=O) groups excluding carboxylic acids is 2. The third-order valence-corrected chi connectivity index (χ3v) is 5.27. The van der Waals surface area contributed by atoms with Crippen LogP contribution >= 0.6 is 0 Å². The first kappa shape index (κ1) is 19.6. The molecule has 0 radical (unpaired) electrons. The first-order valence-corrected chi connectivity index (χ1v) is 9.70. The molecular formula is C21H29FN2O3. The van der Waals surface area contributed by atoms with E-state index in [0.29, 0.717) is 19.5 Å². The summed E-state index contributed by atoms with van der Waals surface area (Å²) in [6, 6.07) is 6.47. The Morgan fingerprint density at radius 1 is 1.19 bits per heavy atom. The Morgan fingerprint density at radius 3 is 2.30 bits per heavy atom. The maximum atomic E-state index is 13.1. The molecule has 1 N–H and O–H groups in total. The van der Waals surface area contributed by atoms with Crippen molar-refractivity contribution in [2.24, 2.45) is 5.41 Å². The Labute approximate surface area is 160 Å². The monoisotopic (exact) mass is 376 g/mol. The summed E-state index contributed by atoms with van der Waals surface area (Å²) in [4.78, 5) is 26.6. The fourth-order valence-electron chi connectivity index (χ4n) is 3.50. The molecule has 2 aliphatic rings. The van der Waals surface area contributed by atoms with Crippen molar-refractivity contribution in [1.82, 2.24) is 10.2 Å². The molecule has 1 aliphatic carbocycles. The fourth-order valence-corrected chi connectivity index (χ4v) is 3.50. The minimum absolute atomic E-state index is 0.0851. The molecule has 0 spiro atoms. The van der Waals surface area contributed by atoms with Crippen molar-refractivity contribution in [3.8, 4) is 0 Å². The van der Waals surface area contributed by atoms with Crippen LogP contribution in [0.15, 0.2) is 24.3 Å². The van der Waals surface area contributed by atoms with Gasteiger partial charge in [0, 0.05) is 19.1 Å². The molecule has 148 valence electrons. The largest absolute Gasteiger partial charge is 0.444 e. The number of halogens is 1. The van der Waals surface area contributed by atoms with Crippen LogP contribution in [0.1, 0.15) is 52.0 Å². The van der Waals surface area contributed by atoms with E-state index in [0.717, 1.165) is 31.2 Å². The highest BCUT2D eigenvalue weighted by molar-refractivity contribution is 5.86. The van der Waals surface area contributed by atoms with Gasteiger partial charge in [-0.25, -0.2) is 9.18 Å². The molecule has 1 saturated carbocycles. The molecule has 6 heteroatoms. The third-order valence-electron chi connectivity index (χ3n) is 5.27. The molecule has 0 atom stereocenters. The van der Waals surface area contributed by atoms with Gasteiger partial charge in [0.05, 0.1) is 5.41 Å². The third kappa shape index (κ3) is 5.21. The predicted octanol–water partition coefficient (Wildman–Crippen LogP) is 3.66. The highest BCUT2D eigenvalue weighted by Gasteiger charge is 2.50. The van der Waals surface area contributed by atoms with Gasteiger partial charge < -0.3 is 15.0 Å². The van der Waals surface area contributed by atoms with Crippen molar-refractivity contribution < 1.29 is 18.7 Å². The molecule has 2 amide bonds. The molecule has 1 aromatic rings. The number of nitrogens with one attached hydrogen (secondary N) is 1. The maximum absolute atomic E-state index is 13.1. The fraction of sp³-hybridized carbons (Fsp3) is 0.619. The molecule has 2 fully saturated rings. The van der Waals surface area contributed by atoms with E-state index >= 15 is 0 Å². The number of ether oxygens (including phenoxy) is 1. The van der Waals surface area contributed by atoms with Gasteiger partial charge in [0.2, 0.25) is 5.91 Å². The summed E-state index contributed by atoms with van der Waals surface area (Å²) in [5, 5.41) is 3.17. The summed E-state index contributed by atoms with van der Waals surface area (Å²) >= 11 is 0. The Morgan fingerprint density at radius 2 is 1.78 bits per heavy atom. The number of rotatable bonds is 4. The van der Waals surface area contributed by atoms with E-state index < -0.39 is 5.60 Å². The van der Waals surface area contributed by atoms with Crippen LogP contribution in [0.3, 0.4) is 0 Å². The second-order valence-corrected chi connectivity index (χ2v) is 8.80. The smallest absolute Gasteiger partial charge is 0.410 e. The van der Waals surface area contributed by atoms with E-state index in [1.54, 1.807) is 17.0 Å². The van der Waals surface area contributed by atoms with Crippen molar-refractivity contribution in [3.05, 3.63) is 35.6 Å². The Hall–Kier alpha value is -2.11. The number of nitrogens with zero attached hydrogens (tertiary/aromatic N) is 1. The molecular weight excluding hydrogens is 347 g/mol. The Balaban J connectivity index is 1.48. The molecule has 0 bridgehead atoms. The van der Waals surface area contributed by atoms with Crippen LogP contribution < -0.4 is 5.32 Å². The van der Waals surface area contributed by atoms with Crippen LogP contribution in [-0.2, 0) is 16.0 Å². The van der Waals surface area contributed by atoms with Gasteiger partial charge in [-0.3, -0.25) is 4.79 Å². The standard InChI is InChI=1S/C21H29FN2O3/c1-20(2,3)27-19(26)24-12-8-17(9-13-24)23-18(25)21(10-11-21)14-15-4-6-16(22)7-5-15/h4-7,17H,8-14H2,1-3H3,(H,23,25). The van der Waals surface area contributed by atoms with Crippen molar-refractivity contribution in [1.29, 1.82) is 0 Å². The first-order chi connectivity index (χ1) is 12.7. The van der Waals surface area contributed by atoms with Gasteiger partial charge in [-0.2, -0.15) is 0 Å². The van der Waals surface area contributed by atoms with Gasteiger partial charge in [-0.1, -0.05) is 12.1 Å². The summed E-state index contributed by atoms with van der Waals surface area (Å²) in [5.74, 6) is -0.174. The topological polar surface area (TPSA) is 58.6 Å². The zero-order valence-electron chi connectivity index (χ0n) is 16.4. The van der Waals surface area contributed by atoms with Crippen LogP contribution in [0.25, 0.3) is 0 Å². The molecule has 5 nitrogen and oxygen atoms in total. The molecule has 1 saturated heterocycles. The van der Waals surface area contributed by atoms with Crippen LogP contribution in [0.2, 0.25) is 0 Å². The summed E-state index contributed by atoms with van der Waals surface area (Å²) in [6.45, 7) is 6.74. The number of hydrogen-bond acceptors (Lipinski definition) is 3. The zero-order valence-corrected chi connectivity index (χ0v) is 16.4. The normalized spacial score (nSPS) is 19.5. The Kier molecular flexibility index (Phi) is 5.45. The molecule has 0 unspecified atom stereocenters. The number of benzene rings is 1. The van der Waals surface area contributed by atoms with Crippen molar-refractivity contribution in [2.45, 2.75) is 64.5 Å². The second-order valence-electron chi connectivity index (χ2n) is 8.80. The van der Waals surface area contributed by atoms with E-state index in [-0.39, 0.29) is 29.3 Å². The van der Waals surface area contributed by atoms with Crippen LogP contribution in [0.4, 0.5) is 9.18 Å². The van der Waals surface area contributed by atoms with Gasteiger partial charge in [-0.15, -0.1) is 0 Å². The number of piperidine rings is 1. The van der Waals surface area contributed by atoms with Gasteiger partial charge in [0.1, 0.15) is 11.4 Å². The molecule has 3 rings (SSSR count). The van der Waals surface area contributed by atoms with Gasteiger partial charge >= 0.3 is 6.09 Å². The second kappa shape index (κ2) is 7.49. The highest BCUT2D eigenvalue weighted by atomic mass is 19.1. The number of amides is 2. The highest BCUT2D eigenvalue weighted by Crippen LogP contribution is 2.48. The average molecular weight is 376 g/mol. The quantitative estimate of drug-likeness (QED) is 0.872. The summed E-state index contributed by atoms with van der Waals surface area (Å²) in [7, 11) is 0. The number of carbonyl (C=O) groups is 2. The van der Waals surface area contributed by atoms with Crippen molar-refractivity contribution >= 4 is 12.0 Å². The maximum Gasteiger partial charge on any atom is 0.410 e. The zero-order chi connectivity index (χ0) is 19.7. The van der Waals surface area contributed by atoms with Gasteiger partial charge in [0.15, 0.2) is 0 Å². The van der Waals surface area contributed by atoms with Crippen LogP contribution in [0.5, 0.6) is 0 Å². The molecule has 27 heavy (non-hydrogen) atoms. The van der Waals surface area contributed by atoms with Crippen LogP contribution in [-0.4, -0.2) is 41.6 Å². The lowest BCUT2D eigenvalue weighted by Gasteiger charge is -2.34. The predicted molar refractivity (Wildman–Crippen MR) is 101 cm³/mol. The van der Waals surface area contributed by atoms with Gasteiger partial charge in [0.25, 0.3) is 0 Å². The van der Waals surface area contributed by atoms with Crippen molar-refractivity contribution in [2.75, 3.05) is 13.1 Å².